The summed E-state index contributed by atoms with van der Waals surface area (Å²) < 4.78 is 5.04. The van der Waals surface area contributed by atoms with Crippen molar-refractivity contribution in [2.24, 2.45) is 0 Å². The van der Waals surface area contributed by atoms with Crippen molar-refractivity contribution in [1.29, 1.82) is 5.26 Å². The van der Waals surface area contributed by atoms with Gasteiger partial charge in [-0.3, -0.25) is 0 Å². The summed E-state index contributed by atoms with van der Waals surface area (Å²) in [5.74, 6) is -1.25. The highest BCUT2D eigenvalue weighted by Gasteiger charge is 2.10. The first-order chi connectivity index (χ1) is 8.19. The molecule has 0 aromatic carbocycles. The minimum absolute atomic E-state index is 0.130. The van der Waals surface area contributed by atoms with Crippen molar-refractivity contribution in [3.8, 4) is 6.07 Å². The molecule has 0 fully saturated rings. The summed E-state index contributed by atoms with van der Waals surface area (Å²) in [6.45, 7) is 0. The van der Waals surface area contributed by atoms with Gasteiger partial charge in [0.05, 0.1) is 12.4 Å². The van der Waals surface area contributed by atoms with Crippen LogP contribution in [0.5, 0.6) is 0 Å². The molecule has 1 N–H and O–H groups in total. The van der Waals surface area contributed by atoms with Crippen LogP contribution in [0.15, 0.2) is 39.1 Å². The largest absolute Gasteiger partial charge is 0.475 e. The molecule has 0 aliphatic carbocycles. The first-order valence-corrected chi connectivity index (χ1v) is 5.24. The van der Waals surface area contributed by atoms with Crippen molar-refractivity contribution in [2.45, 2.75) is 10.1 Å². The second kappa shape index (κ2) is 4.67. The average Bonchev–Trinajstić information content (AvgIpc) is 2.79. The summed E-state index contributed by atoms with van der Waals surface area (Å²) in [5, 5.41) is 18.1. The molecule has 2 rings (SSSR count). The summed E-state index contributed by atoms with van der Waals surface area (Å²) in [5.41, 5.74) is 0.222. The van der Waals surface area contributed by atoms with E-state index in [4.69, 9.17) is 14.8 Å². The third-order valence-corrected chi connectivity index (χ3v) is 2.58. The van der Waals surface area contributed by atoms with Gasteiger partial charge in [-0.05, 0) is 23.9 Å². The zero-order valence-corrected chi connectivity index (χ0v) is 9.14. The van der Waals surface area contributed by atoms with Crippen LogP contribution in [0.1, 0.15) is 16.2 Å². The van der Waals surface area contributed by atoms with E-state index in [0.29, 0.717) is 10.1 Å². The Balaban J connectivity index is 2.14. The number of carbonyl (C=O) groups is 1. The molecule has 0 spiro atoms. The van der Waals surface area contributed by atoms with E-state index < -0.39 is 5.97 Å². The van der Waals surface area contributed by atoms with Crippen LogP contribution >= 0.6 is 11.8 Å². The maximum absolute atomic E-state index is 10.6. The second-order valence-corrected chi connectivity index (χ2v) is 3.90. The number of furan rings is 1. The van der Waals surface area contributed by atoms with E-state index in [0.717, 1.165) is 11.8 Å². The third kappa shape index (κ3) is 2.62. The van der Waals surface area contributed by atoms with E-state index >= 15 is 0 Å². The molecule has 2 aromatic heterocycles. The minimum Gasteiger partial charge on any atom is -0.475 e. The highest BCUT2D eigenvalue weighted by atomic mass is 32.2. The van der Waals surface area contributed by atoms with Crippen LogP contribution < -0.4 is 0 Å². The Kier molecular flexibility index (Phi) is 3.07. The molecule has 0 amide bonds. The normalized spacial score (nSPS) is 9.82. The van der Waals surface area contributed by atoms with Crippen molar-refractivity contribution in [1.82, 2.24) is 9.97 Å². The van der Waals surface area contributed by atoms with Gasteiger partial charge < -0.3 is 9.52 Å². The quantitative estimate of drug-likeness (QED) is 0.882. The highest BCUT2D eigenvalue weighted by molar-refractivity contribution is 7.99. The van der Waals surface area contributed by atoms with Crippen LogP contribution in [-0.4, -0.2) is 21.0 Å². The van der Waals surface area contributed by atoms with Crippen LogP contribution in [0.3, 0.4) is 0 Å². The van der Waals surface area contributed by atoms with E-state index in [1.54, 1.807) is 0 Å². The lowest BCUT2D eigenvalue weighted by Gasteiger charge is -1.95. The Labute approximate surface area is 99.9 Å². The van der Waals surface area contributed by atoms with E-state index in [1.807, 2.05) is 6.07 Å². The van der Waals surface area contributed by atoms with Gasteiger partial charge >= 0.3 is 5.97 Å². The van der Waals surface area contributed by atoms with Crippen molar-refractivity contribution in [3.05, 3.63) is 36.0 Å². The molecular weight excluding hydrogens is 242 g/mol. The predicted octanol–water partition coefficient (Wildman–Crippen LogP) is 1.79. The molecule has 84 valence electrons. The molecule has 17 heavy (non-hydrogen) atoms. The standard InChI is InChI=1S/C10H5N3O3S/c11-3-6-4-13-8(5-12-6)17-9-2-1-7(16-9)10(14)15/h1-2,4-5H,(H,14,15). The van der Waals surface area contributed by atoms with Crippen LogP contribution in [0, 0.1) is 11.3 Å². The van der Waals surface area contributed by atoms with Gasteiger partial charge in [0.1, 0.15) is 11.1 Å². The molecule has 0 bridgehead atoms. The second-order valence-electron chi connectivity index (χ2n) is 2.88. The molecule has 0 saturated heterocycles. The van der Waals surface area contributed by atoms with Crippen molar-refractivity contribution in [3.63, 3.8) is 0 Å². The SMILES string of the molecule is N#Cc1cnc(Sc2ccc(C(=O)O)o2)cn1. The Morgan fingerprint density at radius 3 is 2.76 bits per heavy atom. The summed E-state index contributed by atoms with van der Waals surface area (Å²) >= 11 is 1.13. The Morgan fingerprint density at radius 2 is 2.24 bits per heavy atom. The van der Waals surface area contributed by atoms with Crippen LogP contribution in [0.4, 0.5) is 0 Å². The topological polar surface area (TPSA) is 100 Å². The Hall–Kier alpha value is -2.33. The first kappa shape index (κ1) is 11.2. The molecule has 0 unspecified atom stereocenters. The summed E-state index contributed by atoms with van der Waals surface area (Å²) in [4.78, 5) is 18.4. The monoisotopic (exact) mass is 247 g/mol. The number of carboxylic acids is 1. The fourth-order valence-electron chi connectivity index (χ4n) is 1.02. The van der Waals surface area contributed by atoms with E-state index in [-0.39, 0.29) is 11.5 Å². The molecule has 0 aliphatic heterocycles. The van der Waals surface area contributed by atoms with Gasteiger partial charge in [0.25, 0.3) is 0 Å². The van der Waals surface area contributed by atoms with Gasteiger partial charge in [-0.2, -0.15) is 5.26 Å². The van der Waals surface area contributed by atoms with Crippen LogP contribution in [-0.2, 0) is 0 Å². The van der Waals surface area contributed by atoms with E-state index in [1.165, 1.54) is 24.5 Å². The number of hydrogen-bond donors (Lipinski definition) is 1. The van der Waals surface area contributed by atoms with Gasteiger partial charge in [0.15, 0.2) is 10.8 Å². The van der Waals surface area contributed by atoms with Gasteiger partial charge in [-0.1, -0.05) is 0 Å². The van der Waals surface area contributed by atoms with Crippen molar-refractivity contribution < 1.29 is 14.3 Å². The number of nitrogens with zero attached hydrogens (tertiary/aromatic N) is 3. The maximum Gasteiger partial charge on any atom is 0.371 e. The van der Waals surface area contributed by atoms with E-state index in [9.17, 15) is 4.79 Å². The number of aromatic carboxylic acids is 1. The number of nitriles is 1. The number of rotatable bonds is 3. The number of hydrogen-bond acceptors (Lipinski definition) is 6. The lowest BCUT2D eigenvalue weighted by atomic mass is 10.5. The van der Waals surface area contributed by atoms with Gasteiger partial charge in [-0.25, -0.2) is 14.8 Å². The van der Waals surface area contributed by atoms with E-state index in [2.05, 4.69) is 9.97 Å². The van der Waals surface area contributed by atoms with Crippen molar-refractivity contribution in [2.75, 3.05) is 0 Å². The minimum atomic E-state index is -1.12. The van der Waals surface area contributed by atoms with Crippen molar-refractivity contribution >= 4 is 17.7 Å². The molecule has 6 nitrogen and oxygen atoms in total. The Bertz CT molecular complexity index is 586. The summed E-state index contributed by atoms with van der Waals surface area (Å²) in [6, 6.07) is 4.75. The highest BCUT2D eigenvalue weighted by Crippen LogP contribution is 2.27. The fraction of sp³-hybridized carbons (Fsp3) is 0. The first-order valence-electron chi connectivity index (χ1n) is 4.42. The summed E-state index contributed by atoms with van der Waals surface area (Å²) in [6.07, 6.45) is 2.76. The molecule has 0 radical (unpaired) electrons. The Morgan fingerprint density at radius 1 is 1.41 bits per heavy atom. The number of aromatic nitrogens is 2. The molecule has 7 heteroatoms. The predicted molar refractivity (Wildman–Crippen MR) is 56.5 cm³/mol. The zero-order chi connectivity index (χ0) is 12.3. The van der Waals surface area contributed by atoms with Gasteiger partial charge in [0, 0.05) is 0 Å². The molecular formula is C10H5N3O3S. The summed E-state index contributed by atoms with van der Waals surface area (Å²) in [7, 11) is 0. The molecule has 2 heterocycles. The average molecular weight is 247 g/mol. The molecule has 0 aliphatic rings. The van der Waals surface area contributed by atoms with Crippen LogP contribution in [0.2, 0.25) is 0 Å². The lowest BCUT2D eigenvalue weighted by Crippen LogP contribution is -1.91. The van der Waals surface area contributed by atoms with Crippen LogP contribution in [0.25, 0.3) is 0 Å². The number of carboxylic acid groups (broad SMARTS) is 1. The smallest absolute Gasteiger partial charge is 0.371 e. The molecule has 0 saturated carbocycles. The lowest BCUT2D eigenvalue weighted by molar-refractivity contribution is 0.0656. The third-order valence-electron chi connectivity index (χ3n) is 1.74. The zero-order valence-electron chi connectivity index (χ0n) is 8.32. The maximum atomic E-state index is 10.6. The van der Waals surface area contributed by atoms with Gasteiger partial charge in [0.2, 0.25) is 5.76 Å². The molecule has 2 aromatic rings. The fourth-order valence-corrected chi connectivity index (χ4v) is 1.70. The van der Waals surface area contributed by atoms with Gasteiger partial charge in [-0.15, -0.1) is 0 Å². The molecule has 0 atom stereocenters.